The number of carbonyl (C=O) groups excluding carboxylic acids is 2. The minimum absolute atomic E-state index is 0.164. The highest BCUT2D eigenvalue weighted by Gasteiger charge is 2.33. The smallest absolute Gasteiger partial charge is 0.414 e. The molecule has 3 amide bonds. The van der Waals surface area contributed by atoms with Crippen LogP contribution in [-0.2, 0) is 4.74 Å². The van der Waals surface area contributed by atoms with Crippen LogP contribution in [-0.4, -0.2) is 44.7 Å². The van der Waals surface area contributed by atoms with E-state index in [1.807, 2.05) is 13.0 Å². The molecule has 2 aliphatic heterocycles. The van der Waals surface area contributed by atoms with Crippen molar-refractivity contribution in [3.8, 4) is 17.2 Å². The Labute approximate surface area is 167 Å². The van der Waals surface area contributed by atoms with Crippen LogP contribution in [0.4, 0.5) is 21.0 Å². The minimum atomic E-state index is -0.474. The van der Waals surface area contributed by atoms with Crippen LogP contribution < -0.4 is 29.7 Å². The number of nitrogens with one attached hydrogen (secondary N) is 2. The molecule has 2 aromatic carbocycles. The Morgan fingerprint density at radius 2 is 2.03 bits per heavy atom. The van der Waals surface area contributed by atoms with E-state index in [1.165, 1.54) is 4.90 Å². The van der Waals surface area contributed by atoms with E-state index in [0.29, 0.717) is 41.8 Å². The van der Waals surface area contributed by atoms with E-state index in [4.69, 9.17) is 18.9 Å². The van der Waals surface area contributed by atoms with Crippen molar-refractivity contribution in [3.05, 3.63) is 42.5 Å². The number of urea groups is 1. The van der Waals surface area contributed by atoms with Crippen molar-refractivity contribution in [1.29, 1.82) is 0 Å². The summed E-state index contributed by atoms with van der Waals surface area (Å²) in [7, 11) is 0. The van der Waals surface area contributed by atoms with E-state index in [0.717, 1.165) is 0 Å². The van der Waals surface area contributed by atoms with E-state index in [1.54, 1.807) is 36.4 Å². The zero-order valence-electron chi connectivity index (χ0n) is 15.8. The Kier molecular flexibility index (Phi) is 5.28. The molecule has 1 saturated heterocycles. The molecule has 0 bridgehead atoms. The van der Waals surface area contributed by atoms with Gasteiger partial charge < -0.3 is 29.6 Å². The fourth-order valence-corrected chi connectivity index (χ4v) is 3.12. The van der Waals surface area contributed by atoms with Crippen LogP contribution in [0, 0.1) is 0 Å². The fraction of sp³-hybridized carbons (Fsp3) is 0.300. The zero-order valence-corrected chi connectivity index (χ0v) is 15.8. The van der Waals surface area contributed by atoms with Crippen molar-refractivity contribution in [2.24, 2.45) is 0 Å². The number of carbonyl (C=O) groups is 2. The summed E-state index contributed by atoms with van der Waals surface area (Å²) < 4.78 is 21.5. The summed E-state index contributed by atoms with van der Waals surface area (Å²) in [4.78, 5) is 25.9. The van der Waals surface area contributed by atoms with Crippen molar-refractivity contribution in [2.75, 3.05) is 36.7 Å². The Balaban J connectivity index is 1.32. The Hall–Kier alpha value is -3.62. The predicted octanol–water partition coefficient (Wildman–Crippen LogP) is 2.96. The van der Waals surface area contributed by atoms with Gasteiger partial charge in [-0.05, 0) is 31.2 Å². The summed E-state index contributed by atoms with van der Waals surface area (Å²) in [6, 6.07) is 12.0. The molecular formula is C20H21N3O6. The molecule has 2 heterocycles. The van der Waals surface area contributed by atoms with E-state index in [2.05, 4.69) is 10.6 Å². The van der Waals surface area contributed by atoms with Gasteiger partial charge in [0.05, 0.1) is 31.1 Å². The summed E-state index contributed by atoms with van der Waals surface area (Å²) in [6.45, 7) is 3.02. The number of cyclic esters (lactones) is 1. The second-order valence-electron chi connectivity index (χ2n) is 6.42. The molecule has 152 valence electrons. The quantitative estimate of drug-likeness (QED) is 0.775. The molecule has 0 unspecified atom stereocenters. The minimum Gasteiger partial charge on any atom is -0.492 e. The molecule has 9 nitrogen and oxygen atoms in total. The molecule has 29 heavy (non-hydrogen) atoms. The molecule has 1 fully saturated rings. The molecule has 0 aromatic heterocycles. The number of hydrogen-bond acceptors (Lipinski definition) is 6. The number of anilines is 2. The molecule has 0 saturated carbocycles. The van der Waals surface area contributed by atoms with E-state index in [-0.39, 0.29) is 13.3 Å². The maximum absolute atomic E-state index is 12.2. The molecule has 9 heteroatoms. The van der Waals surface area contributed by atoms with Crippen molar-refractivity contribution < 1.29 is 28.5 Å². The largest absolute Gasteiger partial charge is 0.492 e. The number of benzene rings is 2. The van der Waals surface area contributed by atoms with Gasteiger partial charge in [-0.2, -0.15) is 0 Å². The van der Waals surface area contributed by atoms with Crippen LogP contribution in [0.15, 0.2) is 42.5 Å². The molecule has 0 spiro atoms. The number of para-hydroxylation sites is 2. The average Bonchev–Trinajstić information content (AvgIpc) is 3.33. The summed E-state index contributed by atoms with van der Waals surface area (Å²) in [5, 5.41) is 5.46. The van der Waals surface area contributed by atoms with Crippen molar-refractivity contribution in [2.45, 2.75) is 13.0 Å². The average molecular weight is 399 g/mol. The third-order valence-electron chi connectivity index (χ3n) is 4.47. The SMILES string of the molecule is CCOc1ccccc1NC(=O)NC[C@H]1CN(c2ccc3c(c2)OCO3)C(=O)O1. The Bertz CT molecular complexity index is 919. The zero-order chi connectivity index (χ0) is 20.2. The normalized spacial score (nSPS) is 17.1. The van der Waals surface area contributed by atoms with Crippen LogP contribution in [0.1, 0.15) is 6.92 Å². The molecule has 2 N–H and O–H groups in total. The first-order valence-corrected chi connectivity index (χ1v) is 9.28. The highest BCUT2D eigenvalue weighted by Crippen LogP contribution is 2.36. The lowest BCUT2D eigenvalue weighted by atomic mass is 10.2. The van der Waals surface area contributed by atoms with Crippen LogP contribution >= 0.6 is 0 Å². The third-order valence-corrected chi connectivity index (χ3v) is 4.47. The van der Waals surface area contributed by atoms with E-state index >= 15 is 0 Å². The second kappa shape index (κ2) is 8.17. The van der Waals surface area contributed by atoms with Gasteiger partial charge in [0.25, 0.3) is 0 Å². The van der Waals surface area contributed by atoms with Crippen LogP contribution in [0.3, 0.4) is 0 Å². The standard InChI is InChI=1S/C20H21N3O6/c1-2-26-16-6-4-3-5-15(16)22-19(24)21-10-14-11-23(20(25)29-14)13-7-8-17-18(9-13)28-12-27-17/h3-9,14H,2,10-12H2,1H3,(H2,21,22,24)/t14-/m0/s1. The number of hydrogen-bond donors (Lipinski definition) is 2. The topological polar surface area (TPSA) is 98.4 Å². The van der Waals surface area contributed by atoms with Crippen LogP contribution in [0.5, 0.6) is 17.2 Å². The number of ether oxygens (including phenoxy) is 4. The summed E-state index contributed by atoms with van der Waals surface area (Å²) in [6.07, 6.45) is -0.946. The summed E-state index contributed by atoms with van der Waals surface area (Å²) in [5.74, 6) is 1.82. The van der Waals surface area contributed by atoms with Gasteiger partial charge in [-0.1, -0.05) is 12.1 Å². The lowest BCUT2D eigenvalue weighted by molar-refractivity contribution is 0.141. The van der Waals surface area contributed by atoms with Crippen LogP contribution in [0.25, 0.3) is 0 Å². The van der Waals surface area contributed by atoms with Crippen LogP contribution in [0.2, 0.25) is 0 Å². The highest BCUT2D eigenvalue weighted by molar-refractivity contribution is 5.92. The number of rotatable bonds is 6. The molecule has 0 aliphatic carbocycles. The van der Waals surface area contributed by atoms with Gasteiger partial charge in [0.2, 0.25) is 6.79 Å². The summed E-state index contributed by atoms with van der Waals surface area (Å²) in [5.41, 5.74) is 1.22. The Morgan fingerprint density at radius 3 is 2.90 bits per heavy atom. The molecule has 1 atom stereocenters. The second-order valence-corrected chi connectivity index (χ2v) is 6.42. The summed E-state index contributed by atoms with van der Waals surface area (Å²) >= 11 is 0. The molecule has 2 aliphatic rings. The first kappa shape index (κ1) is 18.7. The number of fused-ring (bicyclic) bond motifs is 1. The third kappa shape index (κ3) is 4.13. The van der Waals surface area contributed by atoms with E-state index < -0.39 is 18.2 Å². The number of nitrogens with zero attached hydrogens (tertiary/aromatic N) is 1. The first-order chi connectivity index (χ1) is 14.1. The monoisotopic (exact) mass is 399 g/mol. The van der Waals surface area contributed by atoms with E-state index in [9.17, 15) is 9.59 Å². The molecule has 0 radical (unpaired) electrons. The van der Waals surface area contributed by atoms with Gasteiger partial charge >= 0.3 is 12.1 Å². The van der Waals surface area contributed by atoms with Crippen molar-refractivity contribution in [3.63, 3.8) is 0 Å². The maximum atomic E-state index is 12.2. The molecule has 4 rings (SSSR count). The van der Waals surface area contributed by atoms with Crippen molar-refractivity contribution >= 4 is 23.5 Å². The van der Waals surface area contributed by atoms with Gasteiger partial charge in [-0.3, -0.25) is 4.90 Å². The van der Waals surface area contributed by atoms with Gasteiger partial charge in [0.1, 0.15) is 11.9 Å². The van der Waals surface area contributed by atoms with Crippen molar-refractivity contribution in [1.82, 2.24) is 5.32 Å². The Morgan fingerprint density at radius 1 is 1.21 bits per heavy atom. The maximum Gasteiger partial charge on any atom is 0.414 e. The molecule has 2 aromatic rings. The lowest BCUT2D eigenvalue weighted by Crippen LogP contribution is -2.37. The highest BCUT2D eigenvalue weighted by atomic mass is 16.7. The molecular weight excluding hydrogens is 378 g/mol. The predicted molar refractivity (Wildman–Crippen MR) is 105 cm³/mol. The van der Waals surface area contributed by atoms with Gasteiger partial charge in [0, 0.05) is 6.07 Å². The lowest BCUT2D eigenvalue weighted by Gasteiger charge is -2.14. The number of amides is 3. The first-order valence-electron chi connectivity index (χ1n) is 9.28. The van der Waals surface area contributed by atoms with Gasteiger partial charge in [0.15, 0.2) is 11.5 Å². The fourth-order valence-electron chi connectivity index (χ4n) is 3.12. The van der Waals surface area contributed by atoms with Gasteiger partial charge in [-0.15, -0.1) is 0 Å². The van der Waals surface area contributed by atoms with Gasteiger partial charge in [-0.25, -0.2) is 9.59 Å².